The number of nitrogens with zero attached hydrogens (tertiary/aromatic N) is 2. The van der Waals surface area contributed by atoms with Gasteiger partial charge in [-0.3, -0.25) is 29.5 Å². The highest BCUT2D eigenvalue weighted by molar-refractivity contribution is 6.22. The van der Waals surface area contributed by atoms with E-state index < -0.39 is 46.8 Å². The number of amides is 4. The van der Waals surface area contributed by atoms with Crippen molar-refractivity contribution in [3.05, 3.63) is 156 Å². The number of furan rings is 1. The number of aliphatic hydroxyl groups excluding tert-OH is 1. The van der Waals surface area contributed by atoms with Crippen molar-refractivity contribution in [1.29, 1.82) is 0 Å². The zero-order valence-corrected chi connectivity index (χ0v) is 29.5. The minimum Gasteiger partial charge on any atom is -0.463 e. The highest BCUT2D eigenvalue weighted by Crippen LogP contribution is 2.64. The molecular weight excluding hydrogens is 681 g/mol. The van der Waals surface area contributed by atoms with Crippen LogP contribution >= 0.6 is 0 Å². The smallest absolute Gasteiger partial charge is 0.260 e. The highest BCUT2D eigenvalue weighted by Gasteiger charge is 2.71. The van der Waals surface area contributed by atoms with E-state index in [1.807, 2.05) is 110 Å². The zero-order valence-electron chi connectivity index (χ0n) is 29.5. The first kappa shape index (κ1) is 33.6. The third-order valence-corrected chi connectivity index (χ3v) is 11.7. The van der Waals surface area contributed by atoms with Crippen molar-refractivity contribution in [2.24, 2.45) is 23.7 Å². The molecular formula is C44H38N4O6. The van der Waals surface area contributed by atoms with Gasteiger partial charge >= 0.3 is 0 Å². The third kappa shape index (κ3) is 5.12. The van der Waals surface area contributed by atoms with Gasteiger partial charge in [0.15, 0.2) is 0 Å². The van der Waals surface area contributed by atoms with Gasteiger partial charge in [0, 0.05) is 11.4 Å². The lowest BCUT2D eigenvalue weighted by molar-refractivity contribution is -0.138. The molecule has 3 N–H and O–H groups in total. The topological polar surface area (TPSA) is 132 Å². The fraction of sp³-hybridized carbons (Fsp3) is 0.227. The Morgan fingerprint density at radius 1 is 0.741 bits per heavy atom. The Kier molecular flexibility index (Phi) is 8.08. The first-order valence-corrected chi connectivity index (χ1v) is 18.3. The molecule has 1 aromatic heterocycles. The average Bonchev–Trinajstić information content (AvgIpc) is 3.84. The van der Waals surface area contributed by atoms with E-state index in [0.29, 0.717) is 28.5 Å². The Morgan fingerprint density at radius 2 is 1.41 bits per heavy atom. The van der Waals surface area contributed by atoms with Crippen LogP contribution < -0.4 is 15.6 Å². The minimum absolute atomic E-state index is 0.176. The summed E-state index contributed by atoms with van der Waals surface area (Å²) in [4.78, 5) is 60.1. The Bertz CT molecular complexity index is 2300. The molecule has 2 aliphatic heterocycles. The van der Waals surface area contributed by atoms with Crippen LogP contribution in [-0.4, -0.2) is 33.7 Å². The number of nitrogens with one attached hydrogen (secondary N) is 2. The molecule has 0 spiro atoms. The molecule has 4 aromatic carbocycles. The van der Waals surface area contributed by atoms with Gasteiger partial charge in [-0.25, -0.2) is 0 Å². The molecule has 5 aromatic rings. The molecule has 1 saturated carbocycles. The van der Waals surface area contributed by atoms with Gasteiger partial charge in [-0.1, -0.05) is 77.9 Å². The van der Waals surface area contributed by atoms with E-state index in [4.69, 9.17) is 4.42 Å². The first-order chi connectivity index (χ1) is 26.3. The van der Waals surface area contributed by atoms with Crippen LogP contribution in [0.15, 0.2) is 137 Å². The Balaban J connectivity index is 1.13. The summed E-state index contributed by atoms with van der Waals surface area (Å²) in [6.07, 6.45) is 2.46. The van der Waals surface area contributed by atoms with Gasteiger partial charge in [-0.15, -0.1) is 0 Å². The lowest BCUT2D eigenvalue weighted by Crippen LogP contribution is -2.53. The molecule has 0 radical (unpaired) electrons. The maximum absolute atomic E-state index is 15.2. The zero-order chi connectivity index (χ0) is 37.1. The number of rotatable bonds is 8. The summed E-state index contributed by atoms with van der Waals surface area (Å²) in [6.45, 7) is 1.61. The van der Waals surface area contributed by atoms with Gasteiger partial charge in [-0.05, 0) is 91.9 Å². The van der Waals surface area contributed by atoms with Crippen molar-refractivity contribution in [3.8, 4) is 0 Å². The van der Waals surface area contributed by atoms with Crippen LogP contribution in [0.1, 0.15) is 41.4 Å². The fourth-order valence-corrected chi connectivity index (χ4v) is 9.33. The normalized spacial score (nSPS) is 26.0. The maximum Gasteiger partial charge on any atom is 0.260 e. The molecule has 6 unspecified atom stereocenters. The van der Waals surface area contributed by atoms with Crippen molar-refractivity contribution >= 4 is 46.4 Å². The number of para-hydroxylation sites is 1. The molecule has 4 amide bonds. The van der Waals surface area contributed by atoms with Crippen LogP contribution in [0.25, 0.3) is 0 Å². The van der Waals surface area contributed by atoms with Gasteiger partial charge in [-0.2, -0.15) is 5.01 Å². The van der Waals surface area contributed by atoms with Crippen molar-refractivity contribution in [1.82, 2.24) is 5.01 Å². The summed E-state index contributed by atoms with van der Waals surface area (Å²) in [5.41, 5.74) is 6.92. The van der Waals surface area contributed by atoms with E-state index in [1.54, 1.807) is 24.3 Å². The van der Waals surface area contributed by atoms with Crippen molar-refractivity contribution in [2.75, 3.05) is 15.6 Å². The van der Waals surface area contributed by atoms with Gasteiger partial charge < -0.3 is 14.8 Å². The number of imide groups is 2. The average molecular weight is 719 g/mol. The predicted octanol–water partition coefficient (Wildman–Crippen LogP) is 7.01. The maximum atomic E-state index is 15.2. The fourth-order valence-electron chi connectivity index (χ4n) is 9.33. The van der Waals surface area contributed by atoms with Crippen molar-refractivity contribution < 1.29 is 28.7 Å². The molecule has 10 nitrogen and oxygen atoms in total. The number of hydrogen-bond donors (Lipinski definition) is 3. The molecule has 0 bridgehead atoms. The number of carbonyl (C=O) groups is 4. The summed E-state index contributed by atoms with van der Waals surface area (Å²) in [6, 6.07) is 37.1. The number of allylic oxidation sites excluding steroid dienone is 2. The summed E-state index contributed by atoms with van der Waals surface area (Å²) in [5, 5.41) is 14.5. The number of benzene rings is 4. The number of hydrogen-bond acceptors (Lipinski definition) is 8. The molecule has 3 fully saturated rings. The van der Waals surface area contributed by atoms with Crippen molar-refractivity contribution in [2.45, 2.75) is 37.7 Å². The van der Waals surface area contributed by atoms with E-state index >= 15 is 4.79 Å². The predicted molar refractivity (Wildman–Crippen MR) is 202 cm³/mol. The van der Waals surface area contributed by atoms with E-state index in [1.165, 1.54) is 4.90 Å². The first-order valence-electron chi connectivity index (χ1n) is 18.3. The molecule has 270 valence electrons. The number of hydrazine groups is 1. The lowest BCUT2D eigenvalue weighted by atomic mass is 9.50. The molecule has 54 heavy (non-hydrogen) atoms. The summed E-state index contributed by atoms with van der Waals surface area (Å²) >= 11 is 0. The van der Waals surface area contributed by atoms with E-state index in [9.17, 15) is 19.5 Å². The molecule has 9 rings (SSSR count). The van der Waals surface area contributed by atoms with Crippen LogP contribution in [0.2, 0.25) is 0 Å². The second-order valence-electron chi connectivity index (χ2n) is 14.6. The Hall–Kier alpha value is -6.26. The summed E-state index contributed by atoms with van der Waals surface area (Å²) in [5.74, 6) is -4.33. The Labute approximate surface area is 312 Å². The van der Waals surface area contributed by atoms with Crippen LogP contribution in [0.4, 0.5) is 22.7 Å². The standard InChI is InChI=1S/C44H38N4O6/c1-26-12-14-30(15-13-26)46-48-41(51)36-24-35-33(39(37-23-20-32(25-49)54-37)44(36,43(48)53)27-8-4-2-5-9-27)21-22-34-38(35)42(52)47(40(34)50)31-18-16-29(17-19-31)45-28-10-6-3-7-11-28/h2-21,23,34-36,38-39,45-46,49H,22,24-25H2,1H3. The van der Waals surface area contributed by atoms with Gasteiger partial charge in [0.05, 0.1) is 35.0 Å². The van der Waals surface area contributed by atoms with Crippen molar-refractivity contribution in [3.63, 3.8) is 0 Å². The minimum atomic E-state index is -1.44. The van der Waals surface area contributed by atoms with Crippen LogP contribution in [0.3, 0.4) is 0 Å². The van der Waals surface area contributed by atoms with Crippen LogP contribution in [0.5, 0.6) is 0 Å². The number of aryl methyl sites for hydroxylation is 1. The molecule has 6 atom stereocenters. The second-order valence-corrected chi connectivity index (χ2v) is 14.6. The summed E-state index contributed by atoms with van der Waals surface area (Å²) in [7, 11) is 0. The second kappa shape index (κ2) is 13.0. The number of carbonyl (C=O) groups excluding carboxylic acids is 4. The summed E-state index contributed by atoms with van der Waals surface area (Å²) < 4.78 is 6.27. The van der Waals surface area contributed by atoms with E-state index in [0.717, 1.165) is 27.5 Å². The van der Waals surface area contributed by atoms with Gasteiger partial charge in [0.25, 0.3) is 11.8 Å². The van der Waals surface area contributed by atoms with Crippen LogP contribution in [0, 0.1) is 30.6 Å². The SMILES string of the molecule is Cc1ccc(NN2C(=O)C3CC4C(=CCC5C(=O)N(c6ccc(Nc7ccccc7)cc6)C(=O)C54)C(c4ccc(CO)o4)C3(c3ccccc3)C2=O)cc1. The quantitative estimate of drug-likeness (QED) is 0.115. The number of aliphatic hydroxyl groups is 1. The number of fused-ring (bicyclic) bond motifs is 4. The molecule has 3 heterocycles. The Morgan fingerprint density at radius 3 is 2.09 bits per heavy atom. The van der Waals surface area contributed by atoms with Gasteiger partial charge in [0.2, 0.25) is 11.8 Å². The molecule has 4 aliphatic rings. The highest BCUT2D eigenvalue weighted by atomic mass is 16.4. The molecule has 2 aliphatic carbocycles. The van der Waals surface area contributed by atoms with Crippen LogP contribution in [-0.2, 0) is 31.2 Å². The number of anilines is 4. The van der Waals surface area contributed by atoms with E-state index in [2.05, 4.69) is 10.7 Å². The molecule has 10 heteroatoms. The third-order valence-electron chi connectivity index (χ3n) is 11.7. The molecule has 2 saturated heterocycles. The largest absolute Gasteiger partial charge is 0.463 e. The van der Waals surface area contributed by atoms with E-state index in [-0.39, 0.29) is 31.3 Å². The van der Waals surface area contributed by atoms with Gasteiger partial charge in [0.1, 0.15) is 23.5 Å². The monoisotopic (exact) mass is 718 g/mol. The lowest BCUT2D eigenvalue weighted by Gasteiger charge is -2.49.